The second-order valence-corrected chi connectivity index (χ2v) is 7.68. The summed E-state index contributed by atoms with van der Waals surface area (Å²) in [5.74, 6) is -0.541. The van der Waals surface area contributed by atoms with Gasteiger partial charge in [0.25, 0.3) is 5.91 Å². The lowest BCUT2D eigenvalue weighted by Crippen LogP contribution is -2.17. The highest BCUT2D eigenvalue weighted by molar-refractivity contribution is 7.87. The van der Waals surface area contributed by atoms with Crippen LogP contribution in [0.2, 0.25) is 0 Å². The van der Waals surface area contributed by atoms with Gasteiger partial charge in [-0.2, -0.15) is 13.5 Å². The normalized spacial score (nSPS) is 11.3. The number of para-hydroxylation sites is 1. The predicted molar refractivity (Wildman–Crippen MR) is 109 cm³/mol. The molecule has 0 aliphatic rings. The summed E-state index contributed by atoms with van der Waals surface area (Å²) in [6.45, 7) is 1.86. The molecule has 7 nitrogen and oxygen atoms in total. The molecule has 2 N–H and O–H groups in total. The van der Waals surface area contributed by atoms with E-state index >= 15 is 0 Å². The number of carbonyl (C=O) groups excluding carboxylic acids is 1. The molecule has 0 bridgehead atoms. The molecule has 0 aromatic heterocycles. The monoisotopic (exact) mass is 410 g/mol. The molecule has 0 spiro atoms. The number of nitrogens with zero attached hydrogens (tertiary/aromatic N) is 1. The maximum Gasteiger partial charge on any atom is 0.339 e. The van der Waals surface area contributed by atoms with Crippen molar-refractivity contribution >= 4 is 22.2 Å². The number of rotatable bonds is 6. The molecule has 0 heterocycles. The Morgan fingerprint density at radius 1 is 1.00 bits per heavy atom. The highest BCUT2D eigenvalue weighted by Crippen LogP contribution is 2.19. The lowest BCUT2D eigenvalue weighted by Gasteiger charge is -2.07. The number of hydrogen-bond donors (Lipinski definition) is 2. The van der Waals surface area contributed by atoms with Gasteiger partial charge < -0.3 is 9.29 Å². The Bertz CT molecular complexity index is 1140. The molecule has 0 radical (unpaired) electrons. The van der Waals surface area contributed by atoms with E-state index in [9.17, 15) is 18.3 Å². The van der Waals surface area contributed by atoms with Crippen molar-refractivity contribution in [3.8, 4) is 11.5 Å². The van der Waals surface area contributed by atoms with Crippen LogP contribution in [0.4, 0.5) is 0 Å². The number of amides is 1. The summed E-state index contributed by atoms with van der Waals surface area (Å²) in [6.07, 6.45) is 1.39. The van der Waals surface area contributed by atoms with Crippen LogP contribution in [0.3, 0.4) is 0 Å². The van der Waals surface area contributed by atoms with Crippen LogP contribution in [0.25, 0.3) is 0 Å². The van der Waals surface area contributed by atoms with Crippen molar-refractivity contribution in [1.29, 1.82) is 0 Å². The molecule has 29 heavy (non-hydrogen) atoms. The third kappa shape index (κ3) is 5.20. The maximum absolute atomic E-state index is 12.3. The molecule has 0 atom stereocenters. The minimum atomic E-state index is -3.92. The van der Waals surface area contributed by atoms with E-state index in [2.05, 4.69) is 10.5 Å². The quantitative estimate of drug-likeness (QED) is 0.369. The molecule has 3 aromatic rings. The number of carbonyl (C=O) groups is 1. The SMILES string of the molecule is Cc1ccc(S(=O)(=O)Oc2ccc(/C=N\NC(=O)c3ccccc3O)cc2)cc1. The number of hydrazone groups is 1. The minimum absolute atomic E-state index is 0.0700. The molecule has 0 saturated heterocycles. The van der Waals surface area contributed by atoms with Crippen molar-refractivity contribution in [3.05, 3.63) is 89.5 Å². The van der Waals surface area contributed by atoms with Crippen LogP contribution in [0.1, 0.15) is 21.5 Å². The number of aromatic hydroxyl groups is 1. The number of hydrogen-bond acceptors (Lipinski definition) is 6. The molecule has 0 unspecified atom stereocenters. The molecule has 0 aliphatic heterocycles. The lowest BCUT2D eigenvalue weighted by atomic mass is 10.2. The predicted octanol–water partition coefficient (Wildman–Crippen LogP) is 3.23. The molecule has 0 fully saturated rings. The smallest absolute Gasteiger partial charge is 0.339 e. The Labute approximate surface area is 168 Å². The zero-order chi connectivity index (χ0) is 20.9. The van der Waals surface area contributed by atoms with Gasteiger partial charge in [-0.15, -0.1) is 0 Å². The summed E-state index contributed by atoms with van der Waals surface area (Å²) in [7, 11) is -3.92. The van der Waals surface area contributed by atoms with Gasteiger partial charge in [-0.05, 0) is 61.0 Å². The summed E-state index contributed by atoms with van der Waals surface area (Å²) in [5, 5.41) is 13.5. The molecule has 0 aliphatic carbocycles. The number of aryl methyl sites for hydroxylation is 1. The van der Waals surface area contributed by atoms with E-state index in [-0.39, 0.29) is 22.0 Å². The van der Waals surface area contributed by atoms with Crippen LogP contribution in [0, 0.1) is 6.92 Å². The fraction of sp³-hybridized carbons (Fsp3) is 0.0476. The topological polar surface area (TPSA) is 105 Å². The van der Waals surface area contributed by atoms with Crippen molar-refractivity contribution < 1.29 is 22.5 Å². The number of phenols is 1. The van der Waals surface area contributed by atoms with Gasteiger partial charge in [0.15, 0.2) is 0 Å². The second kappa shape index (κ2) is 8.57. The van der Waals surface area contributed by atoms with Gasteiger partial charge in [0.2, 0.25) is 0 Å². The van der Waals surface area contributed by atoms with E-state index in [1.54, 1.807) is 36.4 Å². The Balaban J connectivity index is 1.63. The van der Waals surface area contributed by atoms with E-state index in [0.717, 1.165) is 5.56 Å². The van der Waals surface area contributed by atoms with E-state index in [1.807, 2.05) is 6.92 Å². The van der Waals surface area contributed by atoms with Crippen molar-refractivity contribution in [1.82, 2.24) is 5.43 Å². The first-order valence-electron chi connectivity index (χ1n) is 8.58. The van der Waals surface area contributed by atoms with E-state index in [4.69, 9.17) is 4.18 Å². The van der Waals surface area contributed by atoms with Gasteiger partial charge in [0, 0.05) is 0 Å². The molecule has 8 heteroatoms. The number of benzene rings is 3. The van der Waals surface area contributed by atoms with Crippen molar-refractivity contribution in [2.24, 2.45) is 5.10 Å². The Kier molecular flexibility index (Phi) is 5.94. The fourth-order valence-corrected chi connectivity index (χ4v) is 3.31. The van der Waals surface area contributed by atoms with Crippen LogP contribution in [-0.4, -0.2) is 25.6 Å². The van der Waals surface area contributed by atoms with Crippen LogP contribution in [-0.2, 0) is 10.1 Å². The zero-order valence-electron chi connectivity index (χ0n) is 15.4. The second-order valence-electron chi connectivity index (χ2n) is 6.14. The fourth-order valence-electron chi connectivity index (χ4n) is 2.38. The van der Waals surface area contributed by atoms with Gasteiger partial charge in [-0.3, -0.25) is 4.79 Å². The Hall–Kier alpha value is -3.65. The first kappa shape index (κ1) is 20.1. The van der Waals surface area contributed by atoms with E-state index in [0.29, 0.717) is 5.56 Å². The maximum atomic E-state index is 12.3. The average Bonchev–Trinajstić information content (AvgIpc) is 2.69. The molecule has 3 aromatic carbocycles. The average molecular weight is 410 g/mol. The van der Waals surface area contributed by atoms with Crippen LogP contribution in [0.5, 0.6) is 11.5 Å². The Morgan fingerprint density at radius 3 is 2.31 bits per heavy atom. The van der Waals surface area contributed by atoms with Gasteiger partial charge in [-0.1, -0.05) is 29.8 Å². The summed E-state index contributed by atoms with van der Waals surface area (Å²) < 4.78 is 29.7. The molecule has 3 rings (SSSR count). The number of phenolic OH excluding ortho intramolecular Hbond substituents is 1. The van der Waals surface area contributed by atoms with Crippen LogP contribution < -0.4 is 9.61 Å². The van der Waals surface area contributed by atoms with Crippen LogP contribution >= 0.6 is 0 Å². The molecule has 148 valence electrons. The summed E-state index contributed by atoms with van der Waals surface area (Å²) in [4.78, 5) is 12.0. The largest absolute Gasteiger partial charge is 0.507 e. The summed E-state index contributed by atoms with van der Waals surface area (Å²) >= 11 is 0. The minimum Gasteiger partial charge on any atom is -0.507 e. The molecule has 0 saturated carbocycles. The molecular weight excluding hydrogens is 392 g/mol. The van der Waals surface area contributed by atoms with Gasteiger partial charge in [0.1, 0.15) is 16.4 Å². The van der Waals surface area contributed by atoms with Gasteiger partial charge in [0.05, 0.1) is 11.8 Å². The molecule has 1 amide bonds. The highest BCUT2D eigenvalue weighted by atomic mass is 32.2. The van der Waals surface area contributed by atoms with E-state index in [1.165, 1.54) is 42.6 Å². The van der Waals surface area contributed by atoms with Gasteiger partial charge in [-0.25, -0.2) is 5.43 Å². The van der Waals surface area contributed by atoms with Crippen molar-refractivity contribution in [3.63, 3.8) is 0 Å². The molecular formula is C21H18N2O5S. The first-order valence-corrected chi connectivity index (χ1v) is 9.98. The zero-order valence-corrected chi connectivity index (χ0v) is 16.3. The van der Waals surface area contributed by atoms with Crippen molar-refractivity contribution in [2.75, 3.05) is 0 Å². The highest BCUT2D eigenvalue weighted by Gasteiger charge is 2.16. The van der Waals surface area contributed by atoms with Crippen LogP contribution in [0.15, 0.2) is 82.8 Å². The Morgan fingerprint density at radius 2 is 1.66 bits per heavy atom. The van der Waals surface area contributed by atoms with Gasteiger partial charge >= 0.3 is 10.1 Å². The summed E-state index contributed by atoms with van der Waals surface area (Å²) in [5.41, 5.74) is 3.98. The van der Waals surface area contributed by atoms with E-state index < -0.39 is 16.0 Å². The number of nitrogens with one attached hydrogen (secondary N) is 1. The third-order valence-corrected chi connectivity index (χ3v) is 5.19. The van der Waals surface area contributed by atoms with Crippen molar-refractivity contribution in [2.45, 2.75) is 11.8 Å². The standard InChI is InChI=1S/C21H18N2O5S/c1-15-6-12-18(13-7-15)29(26,27)28-17-10-8-16(9-11-17)14-22-23-21(25)19-4-2-3-5-20(19)24/h2-14,24H,1H3,(H,23,25)/b22-14-. The summed E-state index contributed by atoms with van der Waals surface area (Å²) in [6, 6.07) is 18.6. The third-order valence-electron chi connectivity index (χ3n) is 3.92. The first-order chi connectivity index (χ1) is 13.8. The lowest BCUT2D eigenvalue weighted by molar-refractivity contribution is 0.0952.